The molecule has 8 heteroatoms. The van der Waals surface area contributed by atoms with Crippen molar-refractivity contribution in [1.29, 1.82) is 0 Å². The van der Waals surface area contributed by atoms with Crippen LogP contribution in [-0.4, -0.2) is 36.3 Å². The van der Waals surface area contributed by atoms with E-state index >= 15 is 0 Å². The minimum absolute atomic E-state index is 0.0545. The van der Waals surface area contributed by atoms with E-state index in [1.807, 2.05) is 0 Å². The molecule has 1 N–H and O–H groups in total. The summed E-state index contributed by atoms with van der Waals surface area (Å²) in [6.45, 7) is 1.35. The van der Waals surface area contributed by atoms with Crippen LogP contribution < -0.4 is 10.9 Å². The van der Waals surface area contributed by atoms with E-state index in [-0.39, 0.29) is 29.5 Å². The summed E-state index contributed by atoms with van der Waals surface area (Å²) in [5.41, 5.74) is 0.557. The molecule has 0 spiro atoms. The van der Waals surface area contributed by atoms with Crippen LogP contribution >= 0.6 is 0 Å². The number of nitrogens with one attached hydrogen (secondary N) is 1. The number of sulfonamides is 1. The summed E-state index contributed by atoms with van der Waals surface area (Å²) in [5, 5.41) is 2.74. The molecular formula is C19H23N3O4S. The van der Waals surface area contributed by atoms with E-state index in [2.05, 4.69) is 5.32 Å². The van der Waals surface area contributed by atoms with Gasteiger partial charge in [0.2, 0.25) is 15.9 Å². The minimum atomic E-state index is -3.45. The summed E-state index contributed by atoms with van der Waals surface area (Å²) in [6.07, 6.45) is 4.42. The SMILES string of the molecule is O=C(Cn1ccccc1=O)NCc1ccc(S(=O)(=O)N2CCCCC2)cc1. The first-order valence-corrected chi connectivity index (χ1v) is 10.4. The van der Waals surface area contributed by atoms with Crippen molar-refractivity contribution in [2.45, 2.75) is 37.2 Å². The Bertz CT molecular complexity index is 945. The molecular weight excluding hydrogens is 366 g/mol. The second-order valence-corrected chi connectivity index (χ2v) is 8.49. The third-order valence-corrected chi connectivity index (χ3v) is 6.49. The molecule has 0 bridgehead atoms. The fraction of sp³-hybridized carbons (Fsp3) is 0.368. The Hall–Kier alpha value is -2.45. The number of amides is 1. The van der Waals surface area contributed by atoms with Crippen LogP contribution in [0.4, 0.5) is 0 Å². The summed E-state index contributed by atoms with van der Waals surface area (Å²) in [7, 11) is -3.45. The van der Waals surface area contributed by atoms with Gasteiger partial charge in [-0.2, -0.15) is 4.31 Å². The molecule has 1 aromatic heterocycles. The molecule has 1 amide bonds. The maximum absolute atomic E-state index is 12.6. The van der Waals surface area contributed by atoms with E-state index < -0.39 is 10.0 Å². The van der Waals surface area contributed by atoms with Gasteiger partial charge in [-0.05, 0) is 36.6 Å². The van der Waals surface area contributed by atoms with Gasteiger partial charge in [-0.15, -0.1) is 0 Å². The molecule has 1 aliphatic heterocycles. The highest BCUT2D eigenvalue weighted by Gasteiger charge is 2.25. The van der Waals surface area contributed by atoms with Crippen molar-refractivity contribution in [3.05, 3.63) is 64.6 Å². The van der Waals surface area contributed by atoms with Crippen molar-refractivity contribution in [2.24, 2.45) is 0 Å². The molecule has 0 atom stereocenters. The van der Waals surface area contributed by atoms with Gasteiger partial charge in [-0.3, -0.25) is 9.59 Å². The van der Waals surface area contributed by atoms with Gasteiger partial charge in [0.05, 0.1) is 4.90 Å². The van der Waals surface area contributed by atoms with E-state index in [0.29, 0.717) is 13.1 Å². The average Bonchev–Trinajstić information content (AvgIpc) is 2.69. The first kappa shape index (κ1) is 19.3. The number of carbonyl (C=O) groups excluding carboxylic acids is 1. The van der Waals surface area contributed by atoms with Crippen molar-refractivity contribution in [3.8, 4) is 0 Å². The number of aromatic nitrogens is 1. The Balaban J connectivity index is 1.58. The Morgan fingerprint density at radius 2 is 1.70 bits per heavy atom. The molecule has 1 aliphatic rings. The molecule has 1 fully saturated rings. The molecule has 1 saturated heterocycles. The summed E-state index contributed by atoms with van der Waals surface area (Å²) in [5.74, 6) is -0.284. The van der Waals surface area contributed by atoms with Crippen molar-refractivity contribution in [3.63, 3.8) is 0 Å². The lowest BCUT2D eigenvalue weighted by Gasteiger charge is -2.25. The van der Waals surface area contributed by atoms with Crippen molar-refractivity contribution < 1.29 is 13.2 Å². The molecule has 144 valence electrons. The van der Waals surface area contributed by atoms with E-state index in [1.54, 1.807) is 42.6 Å². The fourth-order valence-electron chi connectivity index (χ4n) is 3.04. The van der Waals surface area contributed by atoms with Gasteiger partial charge in [-0.1, -0.05) is 24.6 Å². The fourth-order valence-corrected chi connectivity index (χ4v) is 4.55. The lowest BCUT2D eigenvalue weighted by atomic mass is 10.2. The topological polar surface area (TPSA) is 88.5 Å². The highest BCUT2D eigenvalue weighted by molar-refractivity contribution is 7.89. The van der Waals surface area contributed by atoms with Gasteiger partial charge in [0, 0.05) is 31.9 Å². The number of benzene rings is 1. The smallest absolute Gasteiger partial charge is 0.250 e. The lowest BCUT2D eigenvalue weighted by Crippen LogP contribution is -2.35. The van der Waals surface area contributed by atoms with Gasteiger partial charge in [0.25, 0.3) is 5.56 Å². The van der Waals surface area contributed by atoms with E-state index in [1.165, 1.54) is 14.9 Å². The molecule has 0 radical (unpaired) electrons. The van der Waals surface area contributed by atoms with E-state index in [4.69, 9.17) is 0 Å². The zero-order valence-corrected chi connectivity index (χ0v) is 15.8. The van der Waals surface area contributed by atoms with Crippen LogP contribution in [0.2, 0.25) is 0 Å². The summed E-state index contributed by atoms with van der Waals surface area (Å²) in [6, 6.07) is 11.3. The highest BCUT2D eigenvalue weighted by atomic mass is 32.2. The van der Waals surface area contributed by atoms with Crippen LogP contribution in [0.3, 0.4) is 0 Å². The van der Waals surface area contributed by atoms with Crippen LogP contribution in [-0.2, 0) is 27.9 Å². The van der Waals surface area contributed by atoms with Crippen LogP contribution in [0.1, 0.15) is 24.8 Å². The Morgan fingerprint density at radius 1 is 1.00 bits per heavy atom. The Morgan fingerprint density at radius 3 is 2.37 bits per heavy atom. The largest absolute Gasteiger partial charge is 0.350 e. The highest BCUT2D eigenvalue weighted by Crippen LogP contribution is 2.20. The van der Waals surface area contributed by atoms with Crippen molar-refractivity contribution >= 4 is 15.9 Å². The third-order valence-electron chi connectivity index (χ3n) is 4.58. The van der Waals surface area contributed by atoms with Crippen LogP contribution in [0.15, 0.2) is 58.4 Å². The summed E-state index contributed by atoms with van der Waals surface area (Å²) in [4.78, 5) is 23.9. The molecule has 0 saturated carbocycles. The van der Waals surface area contributed by atoms with Gasteiger partial charge in [0.1, 0.15) is 6.54 Å². The summed E-state index contributed by atoms with van der Waals surface area (Å²) < 4.78 is 28.1. The molecule has 3 rings (SSSR count). The Labute approximate surface area is 158 Å². The number of piperidine rings is 1. The molecule has 27 heavy (non-hydrogen) atoms. The molecule has 1 aromatic carbocycles. The quantitative estimate of drug-likeness (QED) is 0.808. The molecule has 7 nitrogen and oxygen atoms in total. The standard InChI is InChI=1S/C19H23N3O4S/c23-18(15-21-11-5-2-6-19(21)24)20-14-16-7-9-17(10-8-16)27(25,26)22-12-3-1-4-13-22/h2,5-11H,1,3-4,12-15H2,(H,20,23). The maximum atomic E-state index is 12.6. The minimum Gasteiger partial charge on any atom is -0.350 e. The van der Waals surface area contributed by atoms with Gasteiger partial charge < -0.3 is 9.88 Å². The Kier molecular flexibility index (Phi) is 6.08. The summed E-state index contributed by atoms with van der Waals surface area (Å²) >= 11 is 0. The van der Waals surface area contributed by atoms with Crippen LogP contribution in [0.25, 0.3) is 0 Å². The number of pyridine rings is 1. The van der Waals surface area contributed by atoms with E-state index in [9.17, 15) is 18.0 Å². The molecule has 0 aliphatic carbocycles. The predicted molar refractivity (Wildman–Crippen MR) is 102 cm³/mol. The van der Waals surface area contributed by atoms with Gasteiger partial charge >= 0.3 is 0 Å². The number of nitrogens with zero attached hydrogens (tertiary/aromatic N) is 2. The van der Waals surface area contributed by atoms with Gasteiger partial charge in [0.15, 0.2) is 0 Å². The van der Waals surface area contributed by atoms with E-state index in [0.717, 1.165) is 24.8 Å². The zero-order valence-electron chi connectivity index (χ0n) is 15.0. The normalized spacial score (nSPS) is 15.4. The average molecular weight is 389 g/mol. The lowest BCUT2D eigenvalue weighted by molar-refractivity contribution is -0.121. The van der Waals surface area contributed by atoms with Crippen LogP contribution in [0.5, 0.6) is 0 Å². The molecule has 0 unspecified atom stereocenters. The maximum Gasteiger partial charge on any atom is 0.250 e. The second-order valence-electron chi connectivity index (χ2n) is 6.55. The zero-order chi connectivity index (χ0) is 19.3. The van der Waals surface area contributed by atoms with Gasteiger partial charge in [-0.25, -0.2) is 8.42 Å². The monoisotopic (exact) mass is 389 g/mol. The predicted octanol–water partition coefficient (Wildman–Crippen LogP) is 1.34. The molecule has 2 heterocycles. The number of hydrogen-bond acceptors (Lipinski definition) is 4. The van der Waals surface area contributed by atoms with Crippen LogP contribution in [0, 0.1) is 0 Å². The first-order valence-electron chi connectivity index (χ1n) is 8.98. The first-order chi connectivity index (χ1) is 13.0. The van der Waals surface area contributed by atoms with Crippen molar-refractivity contribution in [2.75, 3.05) is 13.1 Å². The second kappa shape index (κ2) is 8.49. The number of carbonyl (C=O) groups is 1. The molecule has 2 aromatic rings. The van der Waals surface area contributed by atoms with Crippen molar-refractivity contribution in [1.82, 2.24) is 14.2 Å². The number of hydrogen-bond donors (Lipinski definition) is 1. The number of rotatable bonds is 6. The third kappa shape index (κ3) is 4.84.